The first-order chi connectivity index (χ1) is 14.9. The van der Waals surface area contributed by atoms with Gasteiger partial charge in [0.15, 0.2) is 0 Å². The molecule has 1 N–H and O–H groups in total. The van der Waals surface area contributed by atoms with Crippen LogP contribution in [-0.2, 0) is 7.05 Å². The van der Waals surface area contributed by atoms with Crippen LogP contribution in [0.1, 0.15) is 10.4 Å². The van der Waals surface area contributed by atoms with Crippen LogP contribution in [0.2, 0.25) is 10.0 Å². The van der Waals surface area contributed by atoms with Crippen molar-refractivity contribution in [2.24, 2.45) is 7.05 Å². The van der Waals surface area contributed by atoms with E-state index in [0.717, 1.165) is 27.3 Å². The molecule has 1 amide bonds. The molecule has 7 heteroatoms. The molecule has 0 spiro atoms. The van der Waals surface area contributed by atoms with Crippen molar-refractivity contribution in [2.75, 3.05) is 11.6 Å². The maximum Gasteiger partial charge on any atom is 0.256 e. The number of carbonyl (C=O) groups excluding carboxylic acids is 1. The number of thioether (sulfide) groups is 1. The zero-order chi connectivity index (χ0) is 22.0. The molecule has 0 bridgehead atoms. The summed E-state index contributed by atoms with van der Waals surface area (Å²) in [6.45, 7) is 0. The van der Waals surface area contributed by atoms with Crippen LogP contribution in [0.4, 0.5) is 5.69 Å². The summed E-state index contributed by atoms with van der Waals surface area (Å²) >= 11 is 14.0. The van der Waals surface area contributed by atoms with Gasteiger partial charge < -0.3 is 5.32 Å². The molecule has 1 aromatic heterocycles. The molecule has 4 aromatic rings. The lowest BCUT2D eigenvalue weighted by Crippen LogP contribution is -2.13. The lowest BCUT2D eigenvalue weighted by atomic mass is 9.99. The van der Waals surface area contributed by atoms with Crippen molar-refractivity contribution in [2.45, 2.75) is 4.90 Å². The van der Waals surface area contributed by atoms with E-state index in [4.69, 9.17) is 23.2 Å². The van der Waals surface area contributed by atoms with E-state index in [9.17, 15) is 4.79 Å². The predicted molar refractivity (Wildman–Crippen MR) is 130 cm³/mol. The molecule has 0 aliphatic carbocycles. The number of nitrogens with one attached hydrogen (secondary N) is 1. The van der Waals surface area contributed by atoms with Crippen molar-refractivity contribution in [1.29, 1.82) is 0 Å². The predicted octanol–water partition coefficient (Wildman–Crippen LogP) is 7.04. The van der Waals surface area contributed by atoms with Gasteiger partial charge in [-0.1, -0.05) is 35.3 Å². The van der Waals surface area contributed by atoms with E-state index in [2.05, 4.69) is 10.4 Å². The highest BCUT2D eigenvalue weighted by Gasteiger charge is 2.15. The quantitative estimate of drug-likeness (QED) is 0.320. The Morgan fingerprint density at radius 1 is 0.968 bits per heavy atom. The monoisotopic (exact) mass is 467 g/mol. The molecule has 0 fully saturated rings. The molecule has 4 rings (SSSR count). The number of amides is 1. The van der Waals surface area contributed by atoms with Crippen LogP contribution < -0.4 is 5.32 Å². The van der Waals surface area contributed by atoms with E-state index < -0.39 is 0 Å². The van der Waals surface area contributed by atoms with Gasteiger partial charge in [-0.2, -0.15) is 5.10 Å². The highest BCUT2D eigenvalue weighted by atomic mass is 35.5. The average Bonchev–Trinajstić information content (AvgIpc) is 3.21. The number of benzene rings is 3. The minimum absolute atomic E-state index is 0.202. The highest BCUT2D eigenvalue weighted by Crippen LogP contribution is 2.32. The van der Waals surface area contributed by atoms with Gasteiger partial charge in [0.05, 0.1) is 10.7 Å². The van der Waals surface area contributed by atoms with Crippen LogP contribution in [0.15, 0.2) is 77.8 Å². The largest absolute Gasteiger partial charge is 0.322 e. The molecule has 0 atom stereocenters. The van der Waals surface area contributed by atoms with Crippen molar-refractivity contribution in [3.63, 3.8) is 0 Å². The summed E-state index contributed by atoms with van der Waals surface area (Å²) in [5.74, 6) is -0.202. The minimum atomic E-state index is -0.202. The molecule has 0 aliphatic rings. The Morgan fingerprint density at radius 3 is 2.42 bits per heavy atom. The summed E-state index contributed by atoms with van der Waals surface area (Å²) in [6.07, 6.45) is 3.86. The molecule has 1 heterocycles. The first-order valence-electron chi connectivity index (χ1n) is 9.49. The molecule has 3 aromatic carbocycles. The summed E-state index contributed by atoms with van der Waals surface area (Å²) in [6, 6.07) is 20.5. The summed E-state index contributed by atoms with van der Waals surface area (Å²) in [7, 11) is 1.85. The first-order valence-corrected chi connectivity index (χ1v) is 11.5. The fourth-order valence-electron chi connectivity index (χ4n) is 3.27. The highest BCUT2D eigenvalue weighted by molar-refractivity contribution is 7.98. The van der Waals surface area contributed by atoms with Gasteiger partial charge in [-0.25, -0.2) is 0 Å². The Morgan fingerprint density at radius 2 is 1.74 bits per heavy atom. The minimum Gasteiger partial charge on any atom is -0.322 e. The van der Waals surface area contributed by atoms with E-state index in [1.54, 1.807) is 28.6 Å². The molecule has 156 valence electrons. The number of halogens is 2. The van der Waals surface area contributed by atoms with Crippen LogP contribution in [0, 0.1) is 0 Å². The molecule has 31 heavy (non-hydrogen) atoms. The molecule has 0 saturated heterocycles. The fourth-order valence-corrected chi connectivity index (χ4v) is 4.05. The van der Waals surface area contributed by atoms with E-state index in [-0.39, 0.29) is 5.91 Å². The van der Waals surface area contributed by atoms with Gasteiger partial charge >= 0.3 is 0 Å². The van der Waals surface area contributed by atoms with Gasteiger partial charge in [0.25, 0.3) is 5.91 Å². The maximum absolute atomic E-state index is 13.2. The average molecular weight is 468 g/mol. The number of carbonyl (C=O) groups is 1. The van der Waals surface area contributed by atoms with Gasteiger partial charge in [0.2, 0.25) is 0 Å². The van der Waals surface area contributed by atoms with Gasteiger partial charge in [-0.05, 0) is 72.0 Å². The van der Waals surface area contributed by atoms with Crippen LogP contribution >= 0.6 is 35.0 Å². The molecular weight excluding hydrogens is 449 g/mol. The van der Waals surface area contributed by atoms with Gasteiger partial charge in [0.1, 0.15) is 0 Å². The first kappa shape index (κ1) is 21.5. The molecule has 0 radical (unpaired) electrons. The van der Waals surface area contributed by atoms with E-state index in [0.29, 0.717) is 21.3 Å². The lowest BCUT2D eigenvalue weighted by Gasteiger charge is -2.13. The van der Waals surface area contributed by atoms with Crippen LogP contribution in [-0.4, -0.2) is 21.9 Å². The summed E-state index contributed by atoms with van der Waals surface area (Å²) in [5, 5.41) is 8.63. The van der Waals surface area contributed by atoms with E-state index in [1.807, 2.05) is 74.1 Å². The second kappa shape index (κ2) is 9.18. The molecule has 4 nitrogen and oxygen atoms in total. The summed E-state index contributed by atoms with van der Waals surface area (Å²) < 4.78 is 1.71. The van der Waals surface area contributed by atoms with Crippen LogP contribution in [0.3, 0.4) is 0 Å². The normalized spacial score (nSPS) is 10.8. The van der Waals surface area contributed by atoms with Crippen molar-refractivity contribution in [3.8, 4) is 22.4 Å². The fraction of sp³-hybridized carbons (Fsp3) is 0.0833. The van der Waals surface area contributed by atoms with Crippen LogP contribution in [0.25, 0.3) is 22.4 Å². The standard InChI is InChI=1S/C24H19Cl2N3OS/c1-29-12-11-23(28-29)21-13-17(7-10-22(21)26)27-24(30)19-9-8-18(31-2)14-20(19)15-3-5-16(25)6-4-15/h3-14H,1-2H3,(H,27,30). The maximum atomic E-state index is 13.2. The lowest BCUT2D eigenvalue weighted by molar-refractivity contribution is 0.102. The third-order valence-corrected chi connectivity index (χ3v) is 6.15. The molecule has 0 unspecified atom stereocenters. The van der Waals surface area contributed by atoms with Crippen molar-refractivity contribution in [1.82, 2.24) is 9.78 Å². The number of rotatable bonds is 5. The van der Waals surface area contributed by atoms with Crippen molar-refractivity contribution >= 4 is 46.6 Å². The summed E-state index contributed by atoms with van der Waals surface area (Å²) in [4.78, 5) is 14.3. The number of hydrogen-bond acceptors (Lipinski definition) is 3. The smallest absolute Gasteiger partial charge is 0.256 e. The zero-order valence-electron chi connectivity index (χ0n) is 16.9. The second-order valence-electron chi connectivity index (χ2n) is 6.94. The zero-order valence-corrected chi connectivity index (χ0v) is 19.2. The van der Waals surface area contributed by atoms with Crippen LogP contribution in [0.5, 0.6) is 0 Å². The van der Waals surface area contributed by atoms with E-state index >= 15 is 0 Å². The van der Waals surface area contributed by atoms with Gasteiger partial charge in [-0.15, -0.1) is 11.8 Å². The van der Waals surface area contributed by atoms with Crippen molar-refractivity contribution in [3.05, 3.63) is 88.5 Å². The SMILES string of the molecule is CSc1ccc(C(=O)Nc2ccc(Cl)c(-c3ccn(C)n3)c2)c(-c2ccc(Cl)cc2)c1. The van der Waals surface area contributed by atoms with Gasteiger partial charge in [-0.3, -0.25) is 9.48 Å². The number of hydrogen-bond donors (Lipinski definition) is 1. The molecule has 0 aliphatic heterocycles. The number of aryl methyl sites for hydroxylation is 1. The number of nitrogens with zero attached hydrogens (tertiary/aromatic N) is 2. The number of aromatic nitrogens is 2. The Balaban J connectivity index is 1.68. The Labute approximate surface area is 195 Å². The topological polar surface area (TPSA) is 46.9 Å². The summed E-state index contributed by atoms with van der Waals surface area (Å²) in [5.41, 5.74) is 4.50. The molecular formula is C24H19Cl2N3OS. The third-order valence-electron chi connectivity index (χ3n) is 4.84. The Bertz CT molecular complexity index is 1250. The Hall–Kier alpha value is -2.73. The van der Waals surface area contributed by atoms with E-state index in [1.165, 1.54) is 0 Å². The molecule has 0 saturated carbocycles. The van der Waals surface area contributed by atoms with Crippen molar-refractivity contribution < 1.29 is 4.79 Å². The second-order valence-corrected chi connectivity index (χ2v) is 8.67. The number of anilines is 1. The Kier molecular flexibility index (Phi) is 6.37. The van der Waals surface area contributed by atoms with Gasteiger partial charge in [0, 0.05) is 40.0 Å². The third kappa shape index (κ3) is 4.79.